The van der Waals surface area contributed by atoms with Gasteiger partial charge in [0.25, 0.3) is 11.8 Å². The molecule has 4 rings (SSSR count). The van der Waals surface area contributed by atoms with E-state index in [9.17, 15) is 9.59 Å². The van der Waals surface area contributed by atoms with Crippen LogP contribution in [0.4, 0.5) is 5.69 Å². The summed E-state index contributed by atoms with van der Waals surface area (Å²) in [5.74, 6) is 0.702. The number of carbonyl (C=O) groups is 2. The van der Waals surface area contributed by atoms with E-state index in [0.717, 1.165) is 22.3 Å². The predicted octanol–water partition coefficient (Wildman–Crippen LogP) is 5.53. The number of ether oxygens (including phenoxy) is 1. The van der Waals surface area contributed by atoms with E-state index >= 15 is 0 Å². The number of thioether (sulfide) groups is 1. The maximum atomic E-state index is 13.5. The van der Waals surface area contributed by atoms with Crippen LogP contribution in [0, 0.1) is 13.8 Å². The lowest BCUT2D eigenvalue weighted by atomic mass is 9.99. The summed E-state index contributed by atoms with van der Waals surface area (Å²) in [4.78, 5) is 28.7. The standard InChI is InChI=1S/C26H23NO3S/c1-17-9-14-22(18(2)15-17)23-24(31-16-19-7-5-4-6-8-19)26(29)27(25(23)28)20-10-12-21(30-3)13-11-20/h4-15H,16H2,1-3H3. The van der Waals surface area contributed by atoms with Crippen molar-refractivity contribution in [3.05, 3.63) is 100.0 Å². The molecule has 156 valence electrons. The minimum Gasteiger partial charge on any atom is -0.497 e. The van der Waals surface area contributed by atoms with Crippen molar-refractivity contribution in [3.63, 3.8) is 0 Å². The molecule has 3 aromatic rings. The molecule has 0 aliphatic carbocycles. The summed E-state index contributed by atoms with van der Waals surface area (Å²) < 4.78 is 5.21. The number of amides is 2. The fraction of sp³-hybridized carbons (Fsp3) is 0.154. The zero-order chi connectivity index (χ0) is 22.0. The van der Waals surface area contributed by atoms with Crippen LogP contribution in [0.2, 0.25) is 0 Å². The summed E-state index contributed by atoms with van der Waals surface area (Å²) in [6.07, 6.45) is 0. The van der Waals surface area contributed by atoms with Gasteiger partial charge in [-0.3, -0.25) is 9.59 Å². The van der Waals surface area contributed by atoms with Crippen LogP contribution in [-0.2, 0) is 15.3 Å². The molecule has 0 spiro atoms. The fourth-order valence-electron chi connectivity index (χ4n) is 3.67. The highest BCUT2D eigenvalue weighted by Crippen LogP contribution is 2.40. The number of imide groups is 1. The summed E-state index contributed by atoms with van der Waals surface area (Å²) in [6.45, 7) is 3.99. The summed E-state index contributed by atoms with van der Waals surface area (Å²) in [6, 6.07) is 22.9. The van der Waals surface area contributed by atoms with E-state index in [1.54, 1.807) is 31.4 Å². The second-order valence-corrected chi connectivity index (χ2v) is 8.43. The van der Waals surface area contributed by atoms with Gasteiger partial charge < -0.3 is 4.74 Å². The minimum absolute atomic E-state index is 0.286. The molecule has 0 unspecified atom stereocenters. The van der Waals surface area contributed by atoms with Crippen molar-refractivity contribution < 1.29 is 14.3 Å². The first-order valence-electron chi connectivity index (χ1n) is 10.0. The third-order valence-corrected chi connectivity index (χ3v) is 6.39. The Bertz CT molecular complexity index is 1170. The minimum atomic E-state index is -0.294. The number of rotatable bonds is 6. The molecule has 0 radical (unpaired) electrons. The van der Waals surface area contributed by atoms with Crippen molar-refractivity contribution in [1.29, 1.82) is 0 Å². The van der Waals surface area contributed by atoms with Crippen molar-refractivity contribution in [1.82, 2.24) is 0 Å². The Labute approximate surface area is 186 Å². The number of methoxy groups -OCH3 is 1. The third kappa shape index (κ3) is 4.14. The van der Waals surface area contributed by atoms with Crippen molar-refractivity contribution in [3.8, 4) is 5.75 Å². The lowest BCUT2D eigenvalue weighted by Gasteiger charge is -2.16. The zero-order valence-electron chi connectivity index (χ0n) is 17.7. The van der Waals surface area contributed by atoms with Crippen LogP contribution in [0.1, 0.15) is 22.3 Å². The molecule has 0 saturated heterocycles. The van der Waals surface area contributed by atoms with Gasteiger partial charge in [0, 0.05) is 5.75 Å². The zero-order valence-corrected chi connectivity index (χ0v) is 18.5. The van der Waals surface area contributed by atoms with Gasteiger partial charge in [0.15, 0.2) is 0 Å². The van der Waals surface area contributed by atoms with Gasteiger partial charge in [-0.15, -0.1) is 11.8 Å². The van der Waals surface area contributed by atoms with Gasteiger partial charge in [-0.2, -0.15) is 0 Å². The average molecular weight is 430 g/mol. The molecule has 1 aliphatic rings. The van der Waals surface area contributed by atoms with Gasteiger partial charge >= 0.3 is 0 Å². The molecule has 4 nitrogen and oxygen atoms in total. The van der Waals surface area contributed by atoms with E-state index in [2.05, 4.69) is 0 Å². The average Bonchev–Trinajstić information content (AvgIpc) is 3.02. The van der Waals surface area contributed by atoms with Gasteiger partial charge in [0.05, 0.1) is 23.3 Å². The Hall–Kier alpha value is -3.31. The van der Waals surface area contributed by atoms with Crippen LogP contribution in [-0.4, -0.2) is 18.9 Å². The molecule has 2 amide bonds. The fourth-order valence-corrected chi connectivity index (χ4v) is 4.73. The molecule has 0 atom stereocenters. The molecule has 1 heterocycles. The molecule has 1 aliphatic heterocycles. The Morgan fingerprint density at radius 2 is 1.58 bits per heavy atom. The Balaban J connectivity index is 1.76. The second kappa shape index (κ2) is 8.82. The molecule has 0 saturated carbocycles. The number of anilines is 1. The van der Waals surface area contributed by atoms with Crippen LogP contribution in [0.25, 0.3) is 5.57 Å². The lowest BCUT2D eigenvalue weighted by Crippen LogP contribution is -2.31. The van der Waals surface area contributed by atoms with Crippen molar-refractivity contribution in [2.75, 3.05) is 12.0 Å². The number of hydrogen-bond donors (Lipinski definition) is 0. The van der Waals surface area contributed by atoms with E-state index < -0.39 is 0 Å². The topological polar surface area (TPSA) is 46.6 Å². The van der Waals surface area contributed by atoms with Gasteiger partial charge in [-0.1, -0.05) is 54.1 Å². The second-order valence-electron chi connectivity index (χ2n) is 7.44. The summed E-state index contributed by atoms with van der Waals surface area (Å²) in [7, 11) is 1.58. The Morgan fingerprint density at radius 3 is 2.23 bits per heavy atom. The monoisotopic (exact) mass is 429 g/mol. The normalized spacial score (nSPS) is 13.8. The molecule has 0 bridgehead atoms. The summed E-state index contributed by atoms with van der Waals surface area (Å²) in [5.41, 5.74) is 5.00. The van der Waals surface area contributed by atoms with Gasteiger partial charge in [-0.05, 0) is 54.8 Å². The van der Waals surface area contributed by atoms with Crippen molar-refractivity contribution in [2.45, 2.75) is 19.6 Å². The number of benzene rings is 3. The molecule has 0 fully saturated rings. The predicted molar refractivity (Wildman–Crippen MR) is 126 cm³/mol. The van der Waals surface area contributed by atoms with Crippen LogP contribution in [0.15, 0.2) is 77.7 Å². The van der Waals surface area contributed by atoms with E-state index in [-0.39, 0.29) is 11.8 Å². The van der Waals surface area contributed by atoms with E-state index in [1.165, 1.54) is 16.7 Å². The van der Waals surface area contributed by atoms with Gasteiger partial charge in [0.2, 0.25) is 0 Å². The molecule has 0 aromatic heterocycles. The van der Waals surface area contributed by atoms with Gasteiger partial charge in [-0.25, -0.2) is 4.90 Å². The maximum absolute atomic E-state index is 13.5. The van der Waals surface area contributed by atoms with Gasteiger partial charge in [0.1, 0.15) is 5.75 Å². The van der Waals surface area contributed by atoms with Crippen LogP contribution in [0.5, 0.6) is 5.75 Å². The Morgan fingerprint density at radius 1 is 0.871 bits per heavy atom. The number of nitrogens with zero attached hydrogens (tertiary/aromatic N) is 1. The molecular formula is C26H23NO3S. The lowest BCUT2D eigenvalue weighted by molar-refractivity contribution is -0.119. The van der Waals surface area contributed by atoms with E-state index in [4.69, 9.17) is 4.74 Å². The van der Waals surface area contributed by atoms with Crippen molar-refractivity contribution >= 4 is 34.8 Å². The third-order valence-electron chi connectivity index (χ3n) is 5.25. The first-order valence-corrected chi connectivity index (χ1v) is 11.0. The molecule has 3 aromatic carbocycles. The highest BCUT2D eigenvalue weighted by atomic mass is 32.2. The SMILES string of the molecule is COc1ccc(N2C(=O)C(SCc3ccccc3)=C(c3ccc(C)cc3C)C2=O)cc1. The number of aryl methyl sites for hydroxylation is 2. The molecule has 0 N–H and O–H groups in total. The van der Waals surface area contributed by atoms with Crippen LogP contribution in [0.3, 0.4) is 0 Å². The summed E-state index contributed by atoms with van der Waals surface area (Å²) >= 11 is 1.41. The van der Waals surface area contributed by atoms with Crippen molar-refractivity contribution in [2.24, 2.45) is 0 Å². The number of carbonyl (C=O) groups excluding carboxylic acids is 2. The first kappa shape index (κ1) is 20.9. The number of hydrogen-bond acceptors (Lipinski definition) is 4. The first-order chi connectivity index (χ1) is 15.0. The van der Waals surface area contributed by atoms with E-state index in [0.29, 0.717) is 27.7 Å². The molecule has 5 heteroatoms. The highest BCUT2D eigenvalue weighted by molar-refractivity contribution is 8.03. The van der Waals surface area contributed by atoms with Crippen LogP contribution < -0.4 is 9.64 Å². The quantitative estimate of drug-likeness (QED) is 0.484. The maximum Gasteiger partial charge on any atom is 0.272 e. The molecular weight excluding hydrogens is 406 g/mol. The molecule has 31 heavy (non-hydrogen) atoms. The Kier molecular flexibility index (Phi) is 5.96. The van der Waals surface area contributed by atoms with E-state index in [1.807, 2.05) is 62.4 Å². The smallest absolute Gasteiger partial charge is 0.272 e. The highest BCUT2D eigenvalue weighted by Gasteiger charge is 2.40. The summed E-state index contributed by atoms with van der Waals surface area (Å²) in [5, 5.41) is 0. The van der Waals surface area contributed by atoms with Crippen LogP contribution >= 0.6 is 11.8 Å². The largest absolute Gasteiger partial charge is 0.497 e.